The fourth-order valence-electron chi connectivity index (χ4n) is 3.86. The molecule has 1 saturated heterocycles. The van der Waals surface area contributed by atoms with Gasteiger partial charge < -0.3 is 14.8 Å². The van der Waals surface area contributed by atoms with Crippen molar-refractivity contribution in [3.05, 3.63) is 47.8 Å². The van der Waals surface area contributed by atoms with E-state index in [1.165, 1.54) is 25.3 Å². The summed E-state index contributed by atoms with van der Waals surface area (Å²) < 4.78 is 24.1. The van der Waals surface area contributed by atoms with Crippen LogP contribution in [-0.4, -0.2) is 56.2 Å². The van der Waals surface area contributed by atoms with Crippen molar-refractivity contribution in [1.29, 1.82) is 0 Å². The fourth-order valence-corrected chi connectivity index (χ4v) is 3.86. The van der Waals surface area contributed by atoms with Crippen LogP contribution in [0.2, 0.25) is 0 Å². The Hall–Kier alpha value is -3.26. The number of amides is 1. The van der Waals surface area contributed by atoms with E-state index in [2.05, 4.69) is 10.3 Å². The number of anilines is 1. The molecule has 2 heterocycles. The van der Waals surface area contributed by atoms with Gasteiger partial charge in [-0.05, 0) is 36.8 Å². The number of halogens is 1. The van der Waals surface area contributed by atoms with E-state index in [4.69, 9.17) is 9.47 Å². The minimum atomic E-state index is -0.458. The lowest BCUT2D eigenvalue weighted by atomic mass is 9.85. The second kappa shape index (κ2) is 8.23. The van der Waals surface area contributed by atoms with Gasteiger partial charge in [-0.15, -0.1) is 0 Å². The number of carbonyl (C=O) groups excluding carboxylic acids is 2. The van der Waals surface area contributed by atoms with Crippen molar-refractivity contribution in [3.63, 3.8) is 0 Å². The molecule has 8 heteroatoms. The van der Waals surface area contributed by atoms with E-state index < -0.39 is 11.7 Å². The molecule has 2 aliphatic rings. The summed E-state index contributed by atoms with van der Waals surface area (Å²) in [6, 6.07) is 9.23. The van der Waals surface area contributed by atoms with Gasteiger partial charge in [0.1, 0.15) is 17.3 Å². The van der Waals surface area contributed by atoms with Gasteiger partial charge in [-0.2, -0.15) is 0 Å². The Balaban J connectivity index is 1.44. The zero-order valence-electron chi connectivity index (χ0n) is 16.8. The van der Waals surface area contributed by atoms with Gasteiger partial charge in [0.15, 0.2) is 5.78 Å². The van der Waals surface area contributed by atoms with Crippen molar-refractivity contribution in [1.82, 2.24) is 4.90 Å². The van der Waals surface area contributed by atoms with E-state index >= 15 is 0 Å². The van der Waals surface area contributed by atoms with Crippen molar-refractivity contribution < 1.29 is 23.5 Å². The third kappa shape index (κ3) is 3.91. The number of Topliss-reactive ketones (excluding diaryl/α,β-unsaturated/α-hetero) is 1. The maximum atomic E-state index is 13.6. The molecule has 0 radical (unpaired) electrons. The van der Waals surface area contributed by atoms with E-state index in [1.807, 2.05) is 4.90 Å². The molecule has 2 aliphatic heterocycles. The number of nitrogens with one attached hydrogen (secondary N) is 1. The first kappa shape index (κ1) is 20.0. The van der Waals surface area contributed by atoms with E-state index in [-0.39, 0.29) is 18.2 Å². The van der Waals surface area contributed by atoms with E-state index in [0.29, 0.717) is 47.9 Å². The number of fused-ring (bicyclic) bond motifs is 2. The summed E-state index contributed by atoms with van der Waals surface area (Å²) in [6.07, 6.45) is 0.586. The third-order valence-electron chi connectivity index (χ3n) is 5.38. The molecule has 4 rings (SSSR count). The first-order chi connectivity index (χ1) is 14.5. The highest BCUT2D eigenvalue weighted by Crippen LogP contribution is 2.33. The molecule has 0 aromatic heterocycles. The SMILES string of the molecule is COc1ccc(OC)c(NC(=O)CN2CCC3=Nc4ccc(F)cc4C(=O)C3C2)c1. The molecule has 2 aromatic rings. The number of ether oxygens (including phenoxy) is 2. The fraction of sp³-hybridized carbons (Fsp3) is 0.318. The molecule has 0 bridgehead atoms. The average Bonchev–Trinajstić information content (AvgIpc) is 2.74. The predicted octanol–water partition coefficient (Wildman–Crippen LogP) is 3.07. The number of likely N-dealkylation sites (tertiary alicyclic amines) is 1. The van der Waals surface area contributed by atoms with Crippen LogP contribution >= 0.6 is 0 Å². The summed E-state index contributed by atoms with van der Waals surface area (Å²) in [5, 5.41) is 2.84. The Kier molecular flexibility index (Phi) is 5.50. The summed E-state index contributed by atoms with van der Waals surface area (Å²) in [5.74, 6) is -0.153. The molecule has 156 valence electrons. The lowest BCUT2D eigenvalue weighted by Gasteiger charge is -2.34. The molecule has 0 saturated carbocycles. The zero-order chi connectivity index (χ0) is 21.3. The molecule has 1 fully saturated rings. The highest BCUT2D eigenvalue weighted by molar-refractivity contribution is 6.18. The maximum Gasteiger partial charge on any atom is 0.238 e. The average molecular weight is 411 g/mol. The number of methoxy groups -OCH3 is 2. The van der Waals surface area contributed by atoms with E-state index in [1.54, 1.807) is 25.3 Å². The number of ketones is 1. The standard InChI is InChI=1S/C22H22FN3O4/c1-29-14-4-6-20(30-2)19(10-14)25-21(27)12-26-8-7-18-16(11-26)22(28)15-9-13(23)3-5-17(15)24-18/h3-6,9-10,16H,7-8,11-12H2,1-2H3,(H,25,27). The van der Waals surface area contributed by atoms with Crippen LogP contribution in [0.15, 0.2) is 41.4 Å². The topological polar surface area (TPSA) is 80.2 Å². The molecule has 0 spiro atoms. The molecule has 7 nitrogen and oxygen atoms in total. The van der Waals surface area contributed by atoms with Gasteiger partial charge in [0.05, 0.1) is 38.1 Å². The number of hydrogen-bond donors (Lipinski definition) is 1. The number of benzene rings is 2. The normalized spacial score (nSPS) is 18.2. The number of hydrogen-bond acceptors (Lipinski definition) is 6. The van der Waals surface area contributed by atoms with Gasteiger partial charge in [-0.25, -0.2) is 4.39 Å². The highest BCUT2D eigenvalue weighted by Gasteiger charge is 2.36. The van der Waals surface area contributed by atoms with Gasteiger partial charge >= 0.3 is 0 Å². The van der Waals surface area contributed by atoms with Crippen LogP contribution in [0.25, 0.3) is 0 Å². The molecular weight excluding hydrogens is 389 g/mol. The zero-order valence-corrected chi connectivity index (χ0v) is 16.8. The first-order valence-corrected chi connectivity index (χ1v) is 9.64. The number of nitrogens with zero attached hydrogens (tertiary/aromatic N) is 2. The van der Waals surface area contributed by atoms with Gasteiger partial charge in [0.25, 0.3) is 0 Å². The molecule has 1 amide bonds. The van der Waals surface area contributed by atoms with Crippen LogP contribution in [0, 0.1) is 11.7 Å². The monoisotopic (exact) mass is 411 g/mol. The lowest BCUT2D eigenvalue weighted by molar-refractivity contribution is -0.117. The Bertz CT molecular complexity index is 1040. The third-order valence-corrected chi connectivity index (χ3v) is 5.38. The summed E-state index contributed by atoms with van der Waals surface area (Å²) in [7, 11) is 3.07. The maximum absolute atomic E-state index is 13.6. The van der Waals surface area contributed by atoms with Crippen molar-refractivity contribution in [2.24, 2.45) is 10.9 Å². The Labute approximate surface area is 173 Å². The van der Waals surface area contributed by atoms with Crippen LogP contribution in [0.5, 0.6) is 11.5 Å². The summed E-state index contributed by atoms with van der Waals surface area (Å²) in [4.78, 5) is 32.0. The van der Waals surface area contributed by atoms with Crippen LogP contribution in [0.3, 0.4) is 0 Å². The molecule has 2 aromatic carbocycles. The second-order valence-corrected chi connectivity index (χ2v) is 7.28. The minimum Gasteiger partial charge on any atom is -0.497 e. The van der Waals surface area contributed by atoms with E-state index in [0.717, 1.165) is 5.71 Å². The summed E-state index contributed by atoms with van der Waals surface area (Å²) >= 11 is 0. The van der Waals surface area contributed by atoms with Crippen molar-refractivity contribution >= 4 is 28.8 Å². The summed E-state index contributed by atoms with van der Waals surface area (Å²) in [5.41, 5.74) is 2.13. The molecule has 1 atom stereocenters. The number of rotatable bonds is 5. The molecule has 30 heavy (non-hydrogen) atoms. The lowest BCUT2D eigenvalue weighted by Crippen LogP contribution is -2.47. The van der Waals surface area contributed by atoms with E-state index in [9.17, 15) is 14.0 Å². The van der Waals surface area contributed by atoms with Gasteiger partial charge in [0, 0.05) is 30.4 Å². The molecule has 0 aliphatic carbocycles. The largest absolute Gasteiger partial charge is 0.497 e. The van der Waals surface area contributed by atoms with Crippen LogP contribution in [0.4, 0.5) is 15.8 Å². The Morgan fingerprint density at radius 3 is 2.83 bits per heavy atom. The molecule has 1 unspecified atom stereocenters. The summed E-state index contributed by atoms with van der Waals surface area (Å²) in [6.45, 7) is 1.10. The predicted molar refractivity (Wildman–Crippen MR) is 111 cm³/mol. The van der Waals surface area contributed by atoms with Crippen molar-refractivity contribution in [2.75, 3.05) is 39.2 Å². The van der Waals surface area contributed by atoms with Crippen molar-refractivity contribution in [3.8, 4) is 11.5 Å². The van der Waals surface area contributed by atoms with Gasteiger partial charge in [-0.1, -0.05) is 0 Å². The first-order valence-electron chi connectivity index (χ1n) is 9.64. The van der Waals surface area contributed by atoms with Crippen LogP contribution in [-0.2, 0) is 4.79 Å². The van der Waals surface area contributed by atoms with Gasteiger partial charge in [-0.3, -0.25) is 19.5 Å². The Morgan fingerprint density at radius 2 is 2.07 bits per heavy atom. The second-order valence-electron chi connectivity index (χ2n) is 7.28. The Morgan fingerprint density at radius 1 is 1.23 bits per heavy atom. The smallest absolute Gasteiger partial charge is 0.238 e. The quantitative estimate of drug-likeness (QED) is 0.818. The molecule has 1 N–H and O–H groups in total. The minimum absolute atomic E-state index is 0.118. The number of carbonyl (C=O) groups is 2. The number of aliphatic imine (C=N–C) groups is 1. The van der Waals surface area contributed by atoms with Gasteiger partial charge in [0.2, 0.25) is 5.91 Å². The number of piperidine rings is 1. The van der Waals surface area contributed by atoms with Crippen LogP contribution in [0.1, 0.15) is 16.8 Å². The van der Waals surface area contributed by atoms with Crippen LogP contribution < -0.4 is 14.8 Å². The van der Waals surface area contributed by atoms with Crippen molar-refractivity contribution in [2.45, 2.75) is 6.42 Å². The molecular formula is C22H22FN3O4. The highest BCUT2D eigenvalue weighted by atomic mass is 19.1.